The zero-order valence-corrected chi connectivity index (χ0v) is 11.3. The Balaban J connectivity index is 1.96. The molecule has 1 aliphatic carbocycles. The Morgan fingerprint density at radius 3 is 3.11 bits per heavy atom. The van der Waals surface area contributed by atoms with Gasteiger partial charge in [0.2, 0.25) is 0 Å². The third-order valence-corrected chi connectivity index (χ3v) is 3.35. The number of phenolic OH excluding ortho intramolecular Hbond substituents is 1. The van der Waals surface area contributed by atoms with Crippen molar-refractivity contribution in [3.05, 3.63) is 29.3 Å². The average Bonchev–Trinajstić information content (AvgIpc) is 2.74. The molecule has 2 atom stereocenters. The number of carbonyl (C=O) groups excluding carboxylic acids is 1. The fraction of sp³-hybridized carbons (Fsp3) is 0.500. The van der Waals surface area contributed by atoms with Crippen molar-refractivity contribution in [3.8, 4) is 5.75 Å². The van der Waals surface area contributed by atoms with E-state index in [2.05, 4.69) is 10.6 Å². The van der Waals surface area contributed by atoms with Crippen LogP contribution in [0.3, 0.4) is 0 Å². The summed E-state index contributed by atoms with van der Waals surface area (Å²) in [6, 6.07) is 5.17. The van der Waals surface area contributed by atoms with Crippen molar-refractivity contribution in [1.29, 1.82) is 0 Å². The number of fused-ring (bicyclic) bond motifs is 1. The third-order valence-electron chi connectivity index (χ3n) is 3.35. The van der Waals surface area contributed by atoms with Gasteiger partial charge in [-0.2, -0.15) is 0 Å². The van der Waals surface area contributed by atoms with Gasteiger partial charge in [0.05, 0.1) is 18.7 Å². The van der Waals surface area contributed by atoms with E-state index in [9.17, 15) is 9.90 Å². The number of phenols is 1. The van der Waals surface area contributed by atoms with Gasteiger partial charge < -0.3 is 20.5 Å². The lowest BCUT2D eigenvalue weighted by atomic mass is 10.1. The number of amides is 2. The fourth-order valence-electron chi connectivity index (χ4n) is 2.50. The third kappa shape index (κ3) is 3.17. The number of aromatic hydroxyl groups is 1. The number of rotatable bonds is 4. The van der Waals surface area contributed by atoms with Gasteiger partial charge >= 0.3 is 6.03 Å². The highest BCUT2D eigenvalue weighted by Gasteiger charge is 2.26. The Hall–Kier alpha value is -1.75. The highest BCUT2D eigenvalue weighted by atomic mass is 16.5. The van der Waals surface area contributed by atoms with E-state index in [0.29, 0.717) is 12.4 Å². The molecule has 104 valence electrons. The van der Waals surface area contributed by atoms with E-state index in [1.807, 2.05) is 13.0 Å². The molecular formula is C14H20N2O3. The summed E-state index contributed by atoms with van der Waals surface area (Å²) in [6.07, 6.45) is 1.61. The molecule has 0 saturated heterocycles. The molecule has 0 spiro atoms. The van der Waals surface area contributed by atoms with Crippen LogP contribution < -0.4 is 10.6 Å². The molecule has 0 heterocycles. The van der Waals surface area contributed by atoms with Gasteiger partial charge in [-0.05, 0) is 37.0 Å². The van der Waals surface area contributed by atoms with Crippen LogP contribution in [0.5, 0.6) is 5.75 Å². The first kappa shape index (κ1) is 13.7. The maximum absolute atomic E-state index is 11.8. The number of urea groups is 1. The molecule has 1 aromatic carbocycles. The van der Waals surface area contributed by atoms with Gasteiger partial charge in [0.15, 0.2) is 0 Å². The molecule has 3 N–H and O–H groups in total. The van der Waals surface area contributed by atoms with Crippen molar-refractivity contribution in [3.63, 3.8) is 0 Å². The van der Waals surface area contributed by atoms with E-state index in [-0.39, 0.29) is 18.1 Å². The molecule has 19 heavy (non-hydrogen) atoms. The van der Waals surface area contributed by atoms with E-state index in [0.717, 1.165) is 24.0 Å². The van der Waals surface area contributed by atoms with E-state index >= 15 is 0 Å². The van der Waals surface area contributed by atoms with Crippen LogP contribution >= 0.6 is 0 Å². The summed E-state index contributed by atoms with van der Waals surface area (Å²) in [6.45, 7) is 2.37. The lowest BCUT2D eigenvalue weighted by Gasteiger charge is -2.18. The van der Waals surface area contributed by atoms with E-state index in [1.165, 1.54) is 0 Å². The number of hydrogen-bond donors (Lipinski definition) is 3. The average molecular weight is 264 g/mol. The number of benzene rings is 1. The van der Waals surface area contributed by atoms with Gasteiger partial charge in [-0.1, -0.05) is 12.1 Å². The molecule has 0 aliphatic heterocycles. The van der Waals surface area contributed by atoms with Gasteiger partial charge in [-0.25, -0.2) is 4.79 Å². The molecule has 5 nitrogen and oxygen atoms in total. The molecule has 1 aromatic rings. The molecule has 0 unspecified atom stereocenters. The minimum absolute atomic E-state index is 0.0307. The summed E-state index contributed by atoms with van der Waals surface area (Å²) in [5.74, 6) is 0.315. The van der Waals surface area contributed by atoms with Crippen molar-refractivity contribution in [2.24, 2.45) is 0 Å². The van der Waals surface area contributed by atoms with Crippen LogP contribution in [-0.4, -0.2) is 30.9 Å². The van der Waals surface area contributed by atoms with Crippen LogP contribution in [0.2, 0.25) is 0 Å². The van der Waals surface area contributed by atoms with Crippen LogP contribution in [0.15, 0.2) is 18.2 Å². The number of carbonyl (C=O) groups is 1. The Labute approximate surface area is 113 Å². The predicted octanol–water partition coefficient (Wildman–Crippen LogP) is 1.71. The second-order valence-electron chi connectivity index (χ2n) is 4.91. The number of nitrogens with one attached hydrogen (secondary N) is 2. The van der Waals surface area contributed by atoms with Gasteiger partial charge in [-0.3, -0.25) is 0 Å². The highest BCUT2D eigenvalue weighted by molar-refractivity contribution is 5.75. The van der Waals surface area contributed by atoms with E-state index < -0.39 is 0 Å². The lowest BCUT2D eigenvalue weighted by molar-refractivity contribution is 0.170. The summed E-state index contributed by atoms with van der Waals surface area (Å²) in [7, 11) is 1.60. The van der Waals surface area contributed by atoms with Gasteiger partial charge in [0.25, 0.3) is 0 Å². The minimum atomic E-state index is -0.203. The molecule has 0 saturated carbocycles. The Morgan fingerprint density at radius 1 is 1.58 bits per heavy atom. The maximum atomic E-state index is 11.8. The Kier molecular flexibility index (Phi) is 4.27. The molecule has 0 bridgehead atoms. The van der Waals surface area contributed by atoms with Crippen molar-refractivity contribution in [1.82, 2.24) is 10.6 Å². The van der Waals surface area contributed by atoms with Gasteiger partial charge in [0, 0.05) is 7.11 Å². The van der Waals surface area contributed by atoms with Crippen molar-refractivity contribution in [2.75, 3.05) is 13.7 Å². The maximum Gasteiger partial charge on any atom is 0.315 e. The van der Waals surface area contributed by atoms with Gasteiger partial charge in [0.1, 0.15) is 5.75 Å². The summed E-state index contributed by atoms with van der Waals surface area (Å²) in [5.41, 5.74) is 1.95. The second-order valence-corrected chi connectivity index (χ2v) is 4.91. The largest absolute Gasteiger partial charge is 0.508 e. The number of ether oxygens (including phenoxy) is 1. The standard InChI is InChI=1S/C14H20N2O3/c1-9(8-19-2)15-14(18)16-12-7-6-11-10(12)4-3-5-13(11)17/h3-5,9,12,17H,6-8H2,1-2H3,(H2,15,16,18)/t9-,12-/m0/s1. The molecule has 5 heteroatoms. The normalized spacial score (nSPS) is 18.7. The topological polar surface area (TPSA) is 70.6 Å². The first-order valence-corrected chi connectivity index (χ1v) is 6.48. The van der Waals surface area contributed by atoms with Gasteiger partial charge in [-0.15, -0.1) is 0 Å². The summed E-state index contributed by atoms with van der Waals surface area (Å²) < 4.78 is 4.97. The minimum Gasteiger partial charge on any atom is -0.508 e. The highest BCUT2D eigenvalue weighted by Crippen LogP contribution is 2.36. The monoisotopic (exact) mass is 264 g/mol. The molecular weight excluding hydrogens is 244 g/mol. The Bertz CT molecular complexity index is 462. The fourth-order valence-corrected chi connectivity index (χ4v) is 2.50. The quantitative estimate of drug-likeness (QED) is 0.775. The van der Waals surface area contributed by atoms with Crippen LogP contribution in [-0.2, 0) is 11.2 Å². The number of hydrogen-bond acceptors (Lipinski definition) is 3. The van der Waals surface area contributed by atoms with Crippen LogP contribution in [0, 0.1) is 0 Å². The molecule has 1 aliphatic rings. The predicted molar refractivity (Wildman–Crippen MR) is 72.2 cm³/mol. The van der Waals surface area contributed by atoms with Crippen LogP contribution in [0.1, 0.15) is 30.5 Å². The molecule has 2 rings (SSSR count). The van der Waals surface area contributed by atoms with E-state index in [1.54, 1.807) is 19.2 Å². The molecule has 0 radical (unpaired) electrons. The zero-order valence-electron chi connectivity index (χ0n) is 11.3. The summed E-state index contributed by atoms with van der Waals surface area (Å²) in [5, 5.41) is 15.5. The van der Waals surface area contributed by atoms with E-state index in [4.69, 9.17) is 4.74 Å². The van der Waals surface area contributed by atoms with Crippen LogP contribution in [0.4, 0.5) is 4.79 Å². The molecule has 2 amide bonds. The van der Waals surface area contributed by atoms with Crippen molar-refractivity contribution >= 4 is 6.03 Å². The zero-order chi connectivity index (χ0) is 13.8. The second kappa shape index (κ2) is 5.93. The molecule has 0 aromatic heterocycles. The van der Waals surface area contributed by atoms with Crippen LogP contribution in [0.25, 0.3) is 0 Å². The lowest BCUT2D eigenvalue weighted by Crippen LogP contribution is -2.43. The summed E-state index contributed by atoms with van der Waals surface area (Å²) in [4.78, 5) is 11.8. The number of methoxy groups -OCH3 is 1. The first-order valence-electron chi connectivity index (χ1n) is 6.48. The first-order chi connectivity index (χ1) is 9.11. The van der Waals surface area contributed by atoms with Crippen molar-refractivity contribution in [2.45, 2.75) is 31.8 Å². The summed E-state index contributed by atoms with van der Waals surface area (Å²) >= 11 is 0. The Morgan fingerprint density at radius 2 is 2.37 bits per heavy atom. The smallest absolute Gasteiger partial charge is 0.315 e. The molecule has 0 fully saturated rings. The SMILES string of the molecule is COC[C@H](C)NC(=O)N[C@H]1CCc2c(O)cccc21. The van der Waals surface area contributed by atoms with Crippen molar-refractivity contribution < 1.29 is 14.6 Å².